The van der Waals surface area contributed by atoms with Crippen LogP contribution in [0.1, 0.15) is 25.7 Å². The first-order valence-electron chi connectivity index (χ1n) is 9.18. The third-order valence-electron chi connectivity index (χ3n) is 5.33. The van der Waals surface area contributed by atoms with E-state index in [4.69, 9.17) is 4.74 Å². The number of hydrogen-bond donors (Lipinski definition) is 1. The van der Waals surface area contributed by atoms with Crippen LogP contribution < -0.4 is 10.2 Å². The van der Waals surface area contributed by atoms with Crippen LogP contribution >= 0.6 is 0 Å². The molecule has 0 bridgehead atoms. The van der Waals surface area contributed by atoms with Gasteiger partial charge in [0.1, 0.15) is 0 Å². The van der Waals surface area contributed by atoms with Crippen molar-refractivity contribution in [3.05, 3.63) is 24.3 Å². The van der Waals surface area contributed by atoms with Gasteiger partial charge in [0.2, 0.25) is 0 Å². The average Bonchev–Trinajstić information content (AvgIpc) is 2.63. The maximum absolute atomic E-state index is 5.41. The van der Waals surface area contributed by atoms with Crippen molar-refractivity contribution in [3.8, 4) is 0 Å². The van der Waals surface area contributed by atoms with Crippen LogP contribution in [0.15, 0.2) is 24.3 Å². The number of piperidine rings is 1. The summed E-state index contributed by atoms with van der Waals surface area (Å²) in [4.78, 5) is 5.10. The number of rotatable bonds is 6. The zero-order valence-corrected chi connectivity index (χ0v) is 14.5. The third kappa shape index (κ3) is 4.85. The van der Waals surface area contributed by atoms with Gasteiger partial charge in [0.15, 0.2) is 0 Å². The van der Waals surface area contributed by atoms with Crippen molar-refractivity contribution in [3.63, 3.8) is 0 Å². The third-order valence-corrected chi connectivity index (χ3v) is 5.33. The topological polar surface area (TPSA) is 27.7 Å². The Morgan fingerprint density at radius 1 is 1.04 bits per heavy atom. The maximum Gasteiger partial charge on any atom is 0.0594 e. The Hall–Kier alpha value is -1.26. The van der Waals surface area contributed by atoms with Gasteiger partial charge in [0.05, 0.1) is 13.2 Å². The number of nitrogens with one attached hydrogen (secondary N) is 1. The second-order valence-corrected chi connectivity index (χ2v) is 6.82. The fourth-order valence-electron chi connectivity index (χ4n) is 3.75. The van der Waals surface area contributed by atoms with E-state index in [-0.39, 0.29) is 0 Å². The zero-order chi connectivity index (χ0) is 15.9. The number of benzene rings is 1. The second kappa shape index (κ2) is 8.55. The monoisotopic (exact) mass is 317 g/mol. The molecule has 1 aromatic rings. The first-order chi connectivity index (χ1) is 11.3. The lowest BCUT2D eigenvalue weighted by atomic mass is 9.92. The highest BCUT2D eigenvalue weighted by molar-refractivity contribution is 5.55. The van der Waals surface area contributed by atoms with E-state index in [1.54, 1.807) is 0 Å². The van der Waals surface area contributed by atoms with E-state index in [0.717, 1.165) is 32.2 Å². The van der Waals surface area contributed by atoms with Crippen molar-refractivity contribution in [1.82, 2.24) is 4.90 Å². The molecule has 0 aromatic heterocycles. The summed E-state index contributed by atoms with van der Waals surface area (Å²) in [5.41, 5.74) is 2.56. The molecule has 0 saturated carbocycles. The van der Waals surface area contributed by atoms with Crippen LogP contribution in [-0.2, 0) is 4.74 Å². The van der Waals surface area contributed by atoms with Gasteiger partial charge in [-0.05, 0) is 62.4 Å². The fourth-order valence-corrected chi connectivity index (χ4v) is 3.75. The van der Waals surface area contributed by atoms with Gasteiger partial charge in [0.25, 0.3) is 0 Å². The van der Waals surface area contributed by atoms with E-state index in [1.807, 2.05) is 7.05 Å². The highest BCUT2D eigenvalue weighted by atomic mass is 16.5. The molecule has 4 nitrogen and oxygen atoms in total. The number of ether oxygens (including phenoxy) is 1. The molecule has 0 atom stereocenters. The zero-order valence-electron chi connectivity index (χ0n) is 14.5. The minimum atomic E-state index is 0.920. The highest BCUT2D eigenvalue weighted by Gasteiger charge is 2.19. The first kappa shape index (κ1) is 16.6. The van der Waals surface area contributed by atoms with Crippen LogP contribution in [0.5, 0.6) is 0 Å². The molecule has 4 heteroatoms. The van der Waals surface area contributed by atoms with Crippen LogP contribution in [-0.4, -0.2) is 57.9 Å². The molecule has 0 unspecified atom stereocenters. The largest absolute Gasteiger partial charge is 0.388 e. The Bertz CT molecular complexity index is 448. The second-order valence-electron chi connectivity index (χ2n) is 6.82. The number of anilines is 2. The minimum Gasteiger partial charge on any atom is -0.388 e. The smallest absolute Gasteiger partial charge is 0.0594 e. The van der Waals surface area contributed by atoms with Gasteiger partial charge in [-0.1, -0.05) is 0 Å². The summed E-state index contributed by atoms with van der Waals surface area (Å²) in [5, 5.41) is 3.18. The van der Waals surface area contributed by atoms with Gasteiger partial charge < -0.3 is 15.0 Å². The standard InChI is InChI=1S/C19H31N3O/c1-20-18-4-6-19(7-5-18)22-11-8-17(9-12-22)3-2-10-21-13-15-23-16-14-21/h4-7,17,20H,2-3,8-16H2,1H3. The van der Waals surface area contributed by atoms with Crippen molar-refractivity contribution in [2.24, 2.45) is 5.92 Å². The van der Waals surface area contributed by atoms with E-state index in [1.165, 1.54) is 56.7 Å². The molecule has 2 fully saturated rings. The predicted octanol–water partition coefficient (Wildman–Crippen LogP) is 3.06. The molecule has 0 spiro atoms. The van der Waals surface area contributed by atoms with Crippen LogP contribution in [0.4, 0.5) is 11.4 Å². The summed E-state index contributed by atoms with van der Waals surface area (Å²) < 4.78 is 5.41. The van der Waals surface area contributed by atoms with Crippen LogP contribution in [0, 0.1) is 5.92 Å². The Morgan fingerprint density at radius 3 is 2.39 bits per heavy atom. The van der Waals surface area contributed by atoms with Crippen molar-refractivity contribution in [2.75, 3.05) is 63.2 Å². The molecule has 2 heterocycles. The Balaban J connectivity index is 1.36. The van der Waals surface area contributed by atoms with Gasteiger partial charge in [-0.2, -0.15) is 0 Å². The Morgan fingerprint density at radius 2 is 1.74 bits per heavy atom. The molecule has 128 valence electrons. The molecule has 0 radical (unpaired) electrons. The average molecular weight is 317 g/mol. The lowest BCUT2D eigenvalue weighted by molar-refractivity contribution is 0.0365. The number of hydrogen-bond acceptors (Lipinski definition) is 4. The molecule has 3 rings (SSSR count). The van der Waals surface area contributed by atoms with E-state index in [9.17, 15) is 0 Å². The minimum absolute atomic E-state index is 0.920. The van der Waals surface area contributed by atoms with Crippen LogP contribution in [0.2, 0.25) is 0 Å². The molecule has 1 aromatic carbocycles. The summed E-state index contributed by atoms with van der Waals surface area (Å²) in [6.45, 7) is 7.77. The van der Waals surface area contributed by atoms with Crippen molar-refractivity contribution < 1.29 is 4.74 Å². The Labute approximate surface area is 140 Å². The van der Waals surface area contributed by atoms with E-state index in [0.29, 0.717) is 0 Å². The summed E-state index contributed by atoms with van der Waals surface area (Å²) in [5.74, 6) is 0.920. The molecule has 2 aliphatic heterocycles. The van der Waals surface area contributed by atoms with E-state index in [2.05, 4.69) is 39.4 Å². The summed E-state index contributed by atoms with van der Waals surface area (Å²) in [6, 6.07) is 8.82. The highest BCUT2D eigenvalue weighted by Crippen LogP contribution is 2.27. The molecule has 0 amide bonds. The normalized spacial score (nSPS) is 20.7. The summed E-state index contributed by atoms with van der Waals surface area (Å²) in [6.07, 6.45) is 5.43. The lowest BCUT2D eigenvalue weighted by Gasteiger charge is -2.34. The van der Waals surface area contributed by atoms with Gasteiger partial charge >= 0.3 is 0 Å². The summed E-state index contributed by atoms with van der Waals surface area (Å²) in [7, 11) is 1.97. The number of nitrogens with zero attached hydrogens (tertiary/aromatic N) is 2. The Kier molecular flexibility index (Phi) is 6.17. The van der Waals surface area contributed by atoms with Crippen molar-refractivity contribution in [2.45, 2.75) is 25.7 Å². The SMILES string of the molecule is CNc1ccc(N2CCC(CCCN3CCOCC3)CC2)cc1. The van der Waals surface area contributed by atoms with Crippen molar-refractivity contribution >= 4 is 11.4 Å². The molecule has 0 aliphatic carbocycles. The molecule has 2 saturated heterocycles. The fraction of sp³-hybridized carbons (Fsp3) is 0.684. The maximum atomic E-state index is 5.41. The quantitative estimate of drug-likeness (QED) is 0.873. The van der Waals surface area contributed by atoms with Gasteiger partial charge in [-0.25, -0.2) is 0 Å². The van der Waals surface area contributed by atoms with Crippen molar-refractivity contribution in [1.29, 1.82) is 0 Å². The van der Waals surface area contributed by atoms with Crippen LogP contribution in [0.3, 0.4) is 0 Å². The van der Waals surface area contributed by atoms with E-state index >= 15 is 0 Å². The predicted molar refractivity (Wildman–Crippen MR) is 97.4 cm³/mol. The van der Waals surface area contributed by atoms with Gasteiger partial charge in [0, 0.05) is 44.6 Å². The number of morpholine rings is 1. The van der Waals surface area contributed by atoms with Gasteiger partial charge in [-0.3, -0.25) is 4.90 Å². The van der Waals surface area contributed by atoms with E-state index < -0.39 is 0 Å². The van der Waals surface area contributed by atoms with Gasteiger partial charge in [-0.15, -0.1) is 0 Å². The molecular weight excluding hydrogens is 286 g/mol. The lowest BCUT2D eigenvalue weighted by Crippen LogP contribution is -2.37. The first-order valence-corrected chi connectivity index (χ1v) is 9.18. The molecule has 2 aliphatic rings. The van der Waals surface area contributed by atoms with Crippen LogP contribution in [0.25, 0.3) is 0 Å². The molecule has 1 N–H and O–H groups in total. The molecular formula is C19H31N3O. The summed E-state index contributed by atoms with van der Waals surface area (Å²) >= 11 is 0. The molecule has 23 heavy (non-hydrogen) atoms.